The molecule has 4 nitrogen and oxygen atoms in total. The molecule has 4 heteroatoms. The van der Waals surface area contributed by atoms with Gasteiger partial charge in [0.15, 0.2) is 11.2 Å². The minimum absolute atomic E-state index is 0.312. The van der Waals surface area contributed by atoms with Crippen LogP contribution < -0.4 is 9.80 Å². The van der Waals surface area contributed by atoms with E-state index in [2.05, 4.69) is 230 Å². The van der Waals surface area contributed by atoms with Crippen LogP contribution in [0.2, 0.25) is 0 Å². The van der Waals surface area contributed by atoms with Crippen molar-refractivity contribution < 1.29 is 8.83 Å². The molecule has 1 aliphatic carbocycles. The van der Waals surface area contributed by atoms with E-state index in [-0.39, 0.29) is 5.41 Å². The normalized spacial score (nSPS) is 13.0. The number of anilines is 6. The monoisotopic (exact) mass is 858 g/mol. The number of para-hydroxylation sites is 6. The molecule has 0 bridgehead atoms. The highest BCUT2D eigenvalue weighted by atomic mass is 16.3. The lowest BCUT2D eigenvalue weighted by molar-refractivity contribution is 0.668. The third-order valence-electron chi connectivity index (χ3n) is 14.3. The molecule has 14 rings (SSSR count). The van der Waals surface area contributed by atoms with Crippen molar-refractivity contribution in [3.05, 3.63) is 230 Å². The maximum Gasteiger partial charge on any atom is 0.159 e. The number of nitrogens with zero attached hydrogens (tertiary/aromatic N) is 2. The Morgan fingerprint density at radius 3 is 1.42 bits per heavy atom. The first-order valence-electron chi connectivity index (χ1n) is 23.1. The molecule has 0 radical (unpaired) electrons. The number of hydrogen-bond acceptors (Lipinski definition) is 4. The number of rotatable bonds is 6. The molecule has 0 atom stereocenters. The van der Waals surface area contributed by atoms with Gasteiger partial charge in [-0.3, -0.25) is 0 Å². The predicted molar refractivity (Wildman–Crippen MR) is 280 cm³/mol. The highest BCUT2D eigenvalue weighted by Crippen LogP contribution is 2.57. The first kappa shape index (κ1) is 37.7. The summed E-state index contributed by atoms with van der Waals surface area (Å²) in [6.07, 6.45) is 0. The molecule has 67 heavy (non-hydrogen) atoms. The molecular weight excluding hydrogens is 817 g/mol. The van der Waals surface area contributed by atoms with Crippen molar-refractivity contribution >= 4 is 110 Å². The van der Waals surface area contributed by atoms with Crippen LogP contribution in [-0.4, -0.2) is 0 Å². The third kappa shape index (κ3) is 5.47. The predicted octanol–water partition coefficient (Wildman–Crippen LogP) is 18.2. The van der Waals surface area contributed by atoms with Crippen LogP contribution in [0, 0.1) is 0 Å². The fourth-order valence-corrected chi connectivity index (χ4v) is 11.5. The summed E-state index contributed by atoms with van der Waals surface area (Å²) >= 11 is 0. The molecule has 0 fully saturated rings. The Kier molecular flexibility index (Phi) is 8.00. The fourth-order valence-electron chi connectivity index (χ4n) is 11.5. The zero-order valence-electron chi connectivity index (χ0n) is 37.0. The van der Waals surface area contributed by atoms with Gasteiger partial charge in [-0.05, 0) is 127 Å². The Morgan fingerprint density at radius 2 is 0.821 bits per heavy atom. The van der Waals surface area contributed by atoms with E-state index in [0.717, 1.165) is 78.0 Å². The van der Waals surface area contributed by atoms with Crippen LogP contribution in [0.4, 0.5) is 34.1 Å². The van der Waals surface area contributed by atoms with Crippen LogP contribution >= 0.6 is 0 Å². The van der Waals surface area contributed by atoms with E-state index in [1.165, 1.54) is 54.6 Å². The smallest absolute Gasteiger partial charge is 0.159 e. The largest absolute Gasteiger partial charge is 0.454 e. The zero-order chi connectivity index (χ0) is 44.4. The number of furan rings is 2. The van der Waals surface area contributed by atoms with Crippen molar-refractivity contribution in [2.75, 3.05) is 9.80 Å². The van der Waals surface area contributed by atoms with E-state index in [4.69, 9.17) is 8.83 Å². The molecule has 0 spiro atoms. The quantitative estimate of drug-likeness (QED) is 0.156. The van der Waals surface area contributed by atoms with Gasteiger partial charge in [0.2, 0.25) is 0 Å². The van der Waals surface area contributed by atoms with Gasteiger partial charge in [0, 0.05) is 49.7 Å². The maximum atomic E-state index is 6.67. The minimum Gasteiger partial charge on any atom is -0.454 e. The lowest BCUT2D eigenvalue weighted by atomic mass is 9.77. The van der Waals surface area contributed by atoms with Crippen molar-refractivity contribution in [2.45, 2.75) is 19.3 Å². The molecule has 0 unspecified atom stereocenters. The lowest BCUT2D eigenvalue weighted by Gasteiger charge is -2.28. The van der Waals surface area contributed by atoms with Crippen LogP contribution in [0.25, 0.3) is 87.3 Å². The van der Waals surface area contributed by atoms with Gasteiger partial charge < -0.3 is 18.6 Å². The van der Waals surface area contributed by atoms with Gasteiger partial charge in [-0.2, -0.15) is 0 Å². The molecule has 2 aromatic heterocycles. The summed E-state index contributed by atoms with van der Waals surface area (Å²) < 4.78 is 13.3. The Bertz CT molecular complexity index is 4140. The first-order valence-corrected chi connectivity index (χ1v) is 23.1. The van der Waals surface area contributed by atoms with Crippen LogP contribution in [0.5, 0.6) is 0 Å². The second kappa shape index (κ2) is 14.2. The van der Waals surface area contributed by atoms with Gasteiger partial charge in [0.05, 0.1) is 11.4 Å². The van der Waals surface area contributed by atoms with Crippen LogP contribution in [0.3, 0.4) is 0 Å². The van der Waals surface area contributed by atoms with Crippen LogP contribution in [0.1, 0.15) is 25.0 Å². The van der Waals surface area contributed by atoms with Crippen molar-refractivity contribution in [1.29, 1.82) is 0 Å². The van der Waals surface area contributed by atoms with E-state index in [9.17, 15) is 0 Å². The molecule has 316 valence electrons. The highest BCUT2D eigenvalue weighted by Gasteiger charge is 2.40. The molecule has 2 heterocycles. The zero-order valence-corrected chi connectivity index (χ0v) is 37.0. The number of benzene rings is 11. The van der Waals surface area contributed by atoms with Crippen molar-refractivity contribution in [2.24, 2.45) is 0 Å². The summed E-state index contributed by atoms with van der Waals surface area (Å²) in [6.45, 7) is 4.84. The lowest BCUT2D eigenvalue weighted by Crippen LogP contribution is -2.16. The van der Waals surface area contributed by atoms with Gasteiger partial charge in [-0.25, -0.2) is 0 Å². The standard InChI is InChI=1S/C63H42N2O2/c1-63(2)59-44-35-32-42(64(40-17-5-3-6-18-40)54-27-15-25-50-46-22-11-13-29-56(46)66-61(50)54)37-39(44)31-34-52(59)58-48-24-10-9-21-45(48)53-38-43(33-36-49(53)60(58)63)65(41-19-7-4-8-20-41)55-28-16-26-51-47-23-12-14-30-57(47)67-62(51)55/h3-38H,1-2H3. The van der Waals surface area contributed by atoms with Gasteiger partial charge in [0.25, 0.3) is 0 Å². The summed E-state index contributed by atoms with van der Waals surface area (Å²) in [7, 11) is 0. The minimum atomic E-state index is -0.312. The SMILES string of the molecule is CC1(C)c2c(ccc3cc(N(c4ccccc4)c4cccc5c4oc4ccccc45)ccc23)-c2c1c1ccc(N(c3ccccc3)c3cccc4c3oc3ccccc34)cc1c1ccccc21. The van der Waals surface area contributed by atoms with Crippen molar-refractivity contribution in [1.82, 2.24) is 0 Å². The van der Waals surface area contributed by atoms with Crippen LogP contribution in [-0.2, 0) is 5.41 Å². The number of fused-ring (bicyclic) bond motifs is 16. The summed E-state index contributed by atoms with van der Waals surface area (Å²) in [5, 5.41) is 11.9. The Balaban J connectivity index is 0.951. The summed E-state index contributed by atoms with van der Waals surface area (Å²) in [5.74, 6) is 0. The topological polar surface area (TPSA) is 32.8 Å². The summed E-state index contributed by atoms with van der Waals surface area (Å²) in [4.78, 5) is 4.69. The average Bonchev–Trinajstić information content (AvgIpc) is 4.03. The van der Waals surface area contributed by atoms with Crippen LogP contribution in [0.15, 0.2) is 227 Å². The second-order valence-corrected chi connectivity index (χ2v) is 18.4. The second-order valence-electron chi connectivity index (χ2n) is 18.4. The Labute approximate surface area is 387 Å². The molecular formula is C63H42N2O2. The molecule has 11 aromatic carbocycles. The molecule has 0 amide bonds. The van der Waals surface area contributed by atoms with Gasteiger partial charge in [0.1, 0.15) is 11.2 Å². The third-order valence-corrected chi connectivity index (χ3v) is 14.3. The van der Waals surface area contributed by atoms with E-state index in [1.807, 2.05) is 12.1 Å². The molecule has 13 aromatic rings. The van der Waals surface area contributed by atoms with Gasteiger partial charge in [-0.1, -0.05) is 159 Å². The van der Waals surface area contributed by atoms with Gasteiger partial charge >= 0.3 is 0 Å². The maximum absolute atomic E-state index is 6.67. The van der Waals surface area contributed by atoms with E-state index >= 15 is 0 Å². The van der Waals surface area contributed by atoms with Crippen molar-refractivity contribution in [3.8, 4) is 11.1 Å². The molecule has 0 N–H and O–H groups in total. The van der Waals surface area contributed by atoms with Gasteiger partial charge in [-0.15, -0.1) is 0 Å². The Hall–Kier alpha value is -8.60. The molecule has 0 saturated heterocycles. The summed E-state index contributed by atoms with van der Waals surface area (Å²) in [6, 6.07) is 78.6. The average molecular weight is 859 g/mol. The fraction of sp³-hybridized carbons (Fsp3) is 0.0476. The molecule has 1 aliphatic rings. The van der Waals surface area contributed by atoms with Crippen molar-refractivity contribution in [3.63, 3.8) is 0 Å². The van der Waals surface area contributed by atoms with E-state index < -0.39 is 0 Å². The Morgan fingerprint density at radius 1 is 0.328 bits per heavy atom. The van der Waals surface area contributed by atoms with E-state index in [0.29, 0.717) is 0 Å². The molecule has 0 saturated carbocycles. The number of hydrogen-bond donors (Lipinski definition) is 0. The first-order chi connectivity index (χ1) is 33.0. The highest BCUT2D eigenvalue weighted by molar-refractivity contribution is 6.21. The summed E-state index contributed by atoms with van der Waals surface area (Å²) in [5.41, 5.74) is 14.9. The van der Waals surface area contributed by atoms with E-state index in [1.54, 1.807) is 0 Å². The molecule has 0 aliphatic heterocycles.